The van der Waals surface area contributed by atoms with E-state index >= 15 is 0 Å². The van der Waals surface area contributed by atoms with Gasteiger partial charge in [-0.25, -0.2) is 0 Å². The van der Waals surface area contributed by atoms with Gasteiger partial charge in [0.15, 0.2) is 18.9 Å². The first-order valence-electron chi connectivity index (χ1n) is 32.1. The summed E-state index contributed by atoms with van der Waals surface area (Å²) >= 11 is 0. The van der Waals surface area contributed by atoms with Crippen LogP contribution in [0.1, 0.15) is 232 Å². The SMILES string of the molecule is CCCCCCCCCCCCCCCCCCCCCCCC/C=C/CC/C=C/C(O)C(COC1OC(CO)C(OC2OC(CO)C(OC3OC(CO)C(O)C(O)C3O)C(O)C2O)C(O)C1O)NC(=O)CCCCCCCCCC. The minimum absolute atomic E-state index is 0.237. The molecule has 3 aliphatic rings. The first-order chi connectivity index (χ1) is 39.3. The number of aliphatic hydroxyl groups is 11. The second-order valence-corrected chi connectivity index (χ2v) is 23.2. The van der Waals surface area contributed by atoms with Crippen molar-refractivity contribution in [2.24, 2.45) is 0 Å². The largest absolute Gasteiger partial charge is 0.394 e. The van der Waals surface area contributed by atoms with E-state index in [9.17, 15) is 61.0 Å². The predicted molar refractivity (Wildman–Crippen MR) is 310 cm³/mol. The Morgan fingerprint density at radius 3 is 1.23 bits per heavy atom. The maximum absolute atomic E-state index is 13.2. The molecule has 17 atom stereocenters. The molecule has 19 nitrogen and oxygen atoms in total. The summed E-state index contributed by atoms with van der Waals surface area (Å²) in [4.78, 5) is 13.2. The van der Waals surface area contributed by atoms with Crippen LogP contribution in [0, 0.1) is 0 Å². The molecule has 0 saturated carbocycles. The zero-order valence-electron chi connectivity index (χ0n) is 49.8. The van der Waals surface area contributed by atoms with Crippen LogP contribution in [-0.4, -0.2) is 193 Å². The summed E-state index contributed by atoms with van der Waals surface area (Å²) in [5, 5.41) is 120. The maximum Gasteiger partial charge on any atom is 0.220 e. The zero-order valence-corrected chi connectivity index (χ0v) is 49.8. The number of hydrogen-bond donors (Lipinski definition) is 12. The highest BCUT2D eigenvalue weighted by molar-refractivity contribution is 5.76. The molecule has 12 N–H and O–H groups in total. The van der Waals surface area contributed by atoms with Crippen molar-refractivity contribution >= 4 is 5.91 Å². The maximum atomic E-state index is 13.2. The Balaban J connectivity index is 1.40. The van der Waals surface area contributed by atoms with Gasteiger partial charge in [0.2, 0.25) is 5.91 Å². The van der Waals surface area contributed by atoms with E-state index in [0.29, 0.717) is 12.8 Å². The Morgan fingerprint density at radius 1 is 0.432 bits per heavy atom. The van der Waals surface area contributed by atoms with E-state index in [2.05, 4.69) is 31.3 Å². The van der Waals surface area contributed by atoms with Crippen LogP contribution in [0.25, 0.3) is 0 Å². The highest BCUT2D eigenvalue weighted by Crippen LogP contribution is 2.33. The van der Waals surface area contributed by atoms with Crippen LogP contribution in [-0.2, 0) is 33.2 Å². The van der Waals surface area contributed by atoms with Gasteiger partial charge >= 0.3 is 0 Å². The van der Waals surface area contributed by atoms with Gasteiger partial charge in [0, 0.05) is 6.42 Å². The number of amides is 1. The van der Waals surface area contributed by atoms with Crippen molar-refractivity contribution in [1.82, 2.24) is 5.32 Å². The summed E-state index contributed by atoms with van der Waals surface area (Å²) in [5.41, 5.74) is 0. The molecule has 0 aliphatic carbocycles. The Bertz CT molecular complexity index is 1580. The summed E-state index contributed by atoms with van der Waals surface area (Å²) < 4.78 is 34.2. The summed E-state index contributed by atoms with van der Waals surface area (Å²) in [6.45, 7) is 1.67. The van der Waals surface area contributed by atoms with Crippen molar-refractivity contribution < 1.29 is 89.4 Å². The fourth-order valence-electron chi connectivity index (χ4n) is 11.0. The molecular formula is C62H115NO18. The fourth-order valence-corrected chi connectivity index (χ4v) is 11.0. The van der Waals surface area contributed by atoms with E-state index in [0.717, 1.165) is 44.9 Å². The number of carbonyl (C=O) groups excluding carboxylic acids is 1. The average molecular weight is 1160 g/mol. The van der Waals surface area contributed by atoms with Gasteiger partial charge in [-0.3, -0.25) is 4.79 Å². The number of rotatable bonds is 48. The summed E-state index contributed by atoms with van der Waals surface area (Å²) in [5.74, 6) is -0.289. The number of ether oxygens (including phenoxy) is 6. The third-order valence-corrected chi connectivity index (χ3v) is 16.3. The van der Waals surface area contributed by atoms with E-state index in [1.54, 1.807) is 6.08 Å². The monoisotopic (exact) mass is 1160 g/mol. The molecule has 0 radical (unpaired) electrons. The fraction of sp³-hybridized carbons (Fsp3) is 0.919. The number of nitrogens with one attached hydrogen (secondary N) is 1. The molecule has 3 heterocycles. The molecule has 3 fully saturated rings. The van der Waals surface area contributed by atoms with Crippen LogP contribution in [0.4, 0.5) is 0 Å². The normalized spacial score (nSPS) is 29.9. The molecule has 19 heteroatoms. The molecular weight excluding hydrogens is 1050 g/mol. The van der Waals surface area contributed by atoms with Crippen molar-refractivity contribution in [3.63, 3.8) is 0 Å². The Hall–Kier alpha value is -1.73. The van der Waals surface area contributed by atoms with E-state index in [4.69, 9.17) is 28.4 Å². The minimum atomic E-state index is -1.98. The summed E-state index contributed by atoms with van der Waals surface area (Å²) in [6, 6.07) is -0.984. The second kappa shape index (κ2) is 45.6. The van der Waals surface area contributed by atoms with Gasteiger partial charge in [-0.1, -0.05) is 218 Å². The number of carbonyl (C=O) groups is 1. The van der Waals surface area contributed by atoms with Crippen molar-refractivity contribution in [2.45, 2.75) is 336 Å². The van der Waals surface area contributed by atoms with Gasteiger partial charge in [-0.05, 0) is 32.1 Å². The predicted octanol–water partition coefficient (Wildman–Crippen LogP) is 6.71. The number of allylic oxidation sites excluding steroid dienone is 3. The van der Waals surface area contributed by atoms with Crippen LogP contribution in [0.2, 0.25) is 0 Å². The average Bonchev–Trinajstić information content (AvgIpc) is 3.62. The van der Waals surface area contributed by atoms with E-state index in [1.165, 1.54) is 154 Å². The lowest BCUT2D eigenvalue weighted by atomic mass is 9.96. The molecule has 3 saturated heterocycles. The molecule has 3 rings (SSSR count). The molecule has 0 bridgehead atoms. The van der Waals surface area contributed by atoms with Gasteiger partial charge in [0.25, 0.3) is 0 Å². The first-order valence-corrected chi connectivity index (χ1v) is 32.1. The van der Waals surface area contributed by atoms with Gasteiger partial charge in [0.05, 0.1) is 38.6 Å². The van der Waals surface area contributed by atoms with Gasteiger partial charge in [-0.2, -0.15) is 0 Å². The third kappa shape index (κ3) is 29.0. The quantitative estimate of drug-likeness (QED) is 0.0222. The van der Waals surface area contributed by atoms with Crippen molar-refractivity contribution in [3.8, 4) is 0 Å². The Morgan fingerprint density at radius 2 is 0.790 bits per heavy atom. The van der Waals surface area contributed by atoms with E-state index in [1.807, 2.05) is 6.08 Å². The molecule has 0 spiro atoms. The number of hydrogen-bond acceptors (Lipinski definition) is 18. The molecule has 0 aromatic carbocycles. The molecule has 17 unspecified atom stereocenters. The van der Waals surface area contributed by atoms with E-state index in [-0.39, 0.29) is 18.9 Å². The summed E-state index contributed by atoms with van der Waals surface area (Å²) in [7, 11) is 0. The highest BCUT2D eigenvalue weighted by Gasteiger charge is 2.53. The van der Waals surface area contributed by atoms with Gasteiger partial charge in [0.1, 0.15) is 73.2 Å². The standard InChI is InChI=1S/C62H115NO18/c1-3-5-7-9-11-13-14-15-16-17-18-19-20-21-22-23-24-25-26-27-28-29-30-31-32-33-35-37-39-46(67)45(63-50(68)40-38-36-34-12-10-8-6-4-2)44-76-60-56(74)53(71)58(48(42-65)78-60)81-62-57(75)54(72)59(49(43-66)79-62)80-61-55(73)52(70)51(69)47(41-64)77-61/h31-32,37,39,45-49,51-62,64-67,69-75H,3-30,33-36,38,40-44H2,1-2H3,(H,63,68)/b32-31+,39-37+. The minimum Gasteiger partial charge on any atom is -0.394 e. The number of unbranched alkanes of at least 4 members (excludes halogenated alkanes) is 30. The zero-order chi connectivity index (χ0) is 59.0. The van der Waals surface area contributed by atoms with Crippen LogP contribution in [0.15, 0.2) is 24.3 Å². The Kier molecular flexibility index (Phi) is 41.4. The van der Waals surface area contributed by atoms with Crippen LogP contribution < -0.4 is 5.32 Å². The third-order valence-electron chi connectivity index (χ3n) is 16.3. The Labute approximate surface area is 486 Å². The smallest absolute Gasteiger partial charge is 0.220 e. The van der Waals surface area contributed by atoms with Gasteiger partial charge < -0.3 is 89.9 Å². The van der Waals surface area contributed by atoms with Gasteiger partial charge in [-0.15, -0.1) is 0 Å². The lowest BCUT2D eigenvalue weighted by molar-refractivity contribution is -0.379. The van der Waals surface area contributed by atoms with Crippen molar-refractivity contribution in [1.29, 1.82) is 0 Å². The molecule has 81 heavy (non-hydrogen) atoms. The lowest BCUT2D eigenvalue weighted by Crippen LogP contribution is -2.66. The van der Waals surface area contributed by atoms with Crippen LogP contribution >= 0.6 is 0 Å². The lowest BCUT2D eigenvalue weighted by Gasteiger charge is -2.48. The molecule has 0 aromatic heterocycles. The topological polar surface area (TPSA) is 307 Å². The summed E-state index contributed by atoms with van der Waals surface area (Å²) in [6.07, 6.45) is 22.1. The first kappa shape index (κ1) is 73.5. The van der Waals surface area contributed by atoms with E-state index < -0.39 is 124 Å². The van der Waals surface area contributed by atoms with Crippen molar-refractivity contribution in [2.75, 3.05) is 26.4 Å². The highest BCUT2D eigenvalue weighted by atomic mass is 16.8. The molecule has 1 amide bonds. The molecule has 0 aromatic rings. The molecule has 3 aliphatic heterocycles. The number of aliphatic hydroxyl groups excluding tert-OH is 11. The molecule has 476 valence electrons. The van der Waals surface area contributed by atoms with Crippen LogP contribution in [0.3, 0.4) is 0 Å². The van der Waals surface area contributed by atoms with Crippen molar-refractivity contribution in [3.05, 3.63) is 24.3 Å². The second-order valence-electron chi connectivity index (χ2n) is 23.2. The van der Waals surface area contributed by atoms with Crippen LogP contribution in [0.5, 0.6) is 0 Å².